The Balaban J connectivity index is 1.91. The fourth-order valence-corrected chi connectivity index (χ4v) is 3.43. The number of nitrogens with zero attached hydrogens (tertiary/aromatic N) is 1. The second-order valence-corrected chi connectivity index (χ2v) is 7.26. The Morgan fingerprint density at radius 1 is 1.24 bits per heavy atom. The number of unbranched alkanes of at least 4 members (excludes halogenated alkanes) is 3. The second kappa shape index (κ2) is 11.2. The number of urea groups is 1. The highest BCUT2D eigenvalue weighted by atomic mass is 16.2. The first-order chi connectivity index (χ1) is 14.0. The first-order valence-electron chi connectivity index (χ1n) is 10.1. The number of aldehydes is 1. The fourth-order valence-electron chi connectivity index (χ4n) is 3.43. The summed E-state index contributed by atoms with van der Waals surface area (Å²) in [7, 11) is 0. The van der Waals surface area contributed by atoms with Crippen LogP contribution >= 0.6 is 0 Å². The van der Waals surface area contributed by atoms with Gasteiger partial charge in [-0.15, -0.1) is 0 Å². The van der Waals surface area contributed by atoms with Crippen molar-refractivity contribution in [3.05, 3.63) is 34.9 Å². The Labute approximate surface area is 171 Å². The average molecular weight is 402 g/mol. The number of carbonyl (C=O) groups is 4. The van der Waals surface area contributed by atoms with E-state index in [-0.39, 0.29) is 31.3 Å². The normalized spacial score (nSPS) is 13.7. The number of rotatable bonds is 12. The van der Waals surface area contributed by atoms with Gasteiger partial charge in [0, 0.05) is 31.6 Å². The van der Waals surface area contributed by atoms with Crippen molar-refractivity contribution in [3.8, 4) is 0 Å². The molecule has 4 amide bonds. The summed E-state index contributed by atoms with van der Waals surface area (Å²) in [5.74, 6) is -0.885. The smallest absolute Gasteiger partial charge is 0.315 e. The van der Waals surface area contributed by atoms with Gasteiger partial charge in [-0.3, -0.25) is 9.59 Å². The van der Waals surface area contributed by atoms with Crippen LogP contribution in [0, 0.1) is 0 Å². The second-order valence-electron chi connectivity index (χ2n) is 7.26. The molecule has 0 aromatic heterocycles. The molecular weight excluding hydrogens is 372 g/mol. The standard InChI is InChI=1S/C21H30N4O4/c1-2-3-4-5-10-23-21(29)24-13-15-8-9-17-16(12-15)14-25(20(17)28)18(19(22)27)7-6-11-26/h8-9,11-12,18H,2-7,10,13-14H2,1H3,(H2,22,27)(H2,23,24,29). The van der Waals surface area contributed by atoms with E-state index in [0.29, 0.717) is 24.9 Å². The van der Waals surface area contributed by atoms with Crippen LogP contribution in [0.4, 0.5) is 4.79 Å². The van der Waals surface area contributed by atoms with E-state index in [1.54, 1.807) is 12.1 Å². The Hall–Kier alpha value is -2.90. The Bertz CT molecular complexity index is 750. The molecule has 1 aromatic rings. The monoisotopic (exact) mass is 402 g/mol. The molecule has 1 unspecified atom stereocenters. The zero-order chi connectivity index (χ0) is 21.2. The topological polar surface area (TPSA) is 122 Å². The van der Waals surface area contributed by atoms with E-state index in [0.717, 1.165) is 30.4 Å². The van der Waals surface area contributed by atoms with Crippen LogP contribution in [0.2, 0.25) is 0 Å². The van der Waals surface area contributed by atoms with Crippen LogP contribution < -0.4 is 16.4 Å². The van der Waals surface area contributed by atoms with Gasteiger partial charge in [-0.25, -0.2) is 4.79 Å². The third-order valence-electron chi connectivity index (χ3n) is 5.03. The van der Waals surface area contributed by atoms with Gasteiger partial charge in [0.25, 0.3) is 5.91 Å². The van der Waals surface area contributed by atoms with Gasteiger partial charge in [0.2, 0.25) is 5.91 Å². The minimum Gasteiger partial charge on any atom is -0.368 e. The minimum atomic E-state index is -0.805. The zero-order valence-electron chi connectivity index (χ0n) is 16.9. The number of fused-ring (bicyclic) bond motifs is 1. The van der Waals surface area contributed by atoms with Crippen molar-refractivity contribution >= 4 is 24.1 Å². The van der Waals surface area contributed by atoms with Crippen LogP contribution in [0.3, 0.4) is 0 Å². The maximum Gasteiger partial charge on any atom is 0.315 e. The van der Waals surface area contributed by atoms with Gasteiger partial charge >= 0.3 is 6.03 Å². The lowest BCUT2D eigenvalue weighted by atomic mass is 10.1. The number of hydrogen-bond donors (Lipinski definition) is 3. The van der Waals surface area contributed by atoms with Crippen molar-refractivity contribution in [1.82, 2.24) is 15.5 Å². The summed E-state index contributed by atoms with van der Waals surface area (Å²) in [6.07, 6.45) is 5.47. The number of nitrogens with one attached hydrogen (secondary N) is 2. The number of amides is 4. The maximum absolute atomic E-state index is 12.6. The molecule has 0 spiro atoms. The van der Waals surface area contributed by atoms with Crippen LogP contribution in [0.25, 0.3) is 0 Å². The quantitative estimate of drug-likeness (QED) is 0.365. The molecule has 1 atom stereocenters. The minimum absolute atomic E-state index is 0.163. The lowest BCUT2D eigenvalue weighted by Gasteiger charge is -2.24. The largest absolute Gasteiger partial charge is 0.368 e. The molecule has 1 aliphatic heterocycles. The molecule has 0 saturated carbocycles. The van der Waals surface area contributed by atoms with E-state index in [2.05, 4.69) is 17.6 Å². The molecule has 1 heterocycles. The van der Waals surface area contributed by atoms with Gasteiger partial charge in [-0.05, 0) is 30.0 Å². The van der Waals surface area contributed by atoms with Crippen LogP contribution in [0.5, 0.6) is 0 Å². The molecule has 4 N–H and O–H groups in total. The molecular formula is C21H30N4O4. The number of benzene rings is 1. The van der Waals surface area contributed by atoms with Gasteiger partial charge in [-0.2, -0.15) is 0 Å². The molecule has 29 heavy (non-hydrogen) atoms. The number of primary amides is 1. The summed E-state index contributed by atoms with van der Waals surface area (Å²) >= 11 is 0. The molecule has 158 valence electrons. The van der Waals surface area contributed by atoms with Crippen molar-refractivity contribution < 1.29 is 19.2 Å². The van der Waals surface area contributed by atoms with Gasteiger partial charge in [0.15, 0.2) is 0 Å². The summed E-state index contributed by atoms with van der Waals surface area (Å²) in [6.45, 7) is 3.39. The summed E-state index contributed by atoms with van der Waals surface area (Å²) in [5, 5.41) is 5.64. The summed E-state index contributed by atoms with van der Waals surface area (Å²) < 4.78 is 0. The van der Waals surface area contributed by atoms with Crippen LogP contribution in [-0.2, 0) is 22.7 Å². The Morgan fingerprint density at radius 3 is 2.72 bits per heavy atom. The van der Waals surface area contributed by atoms with Gasteiger partial charge < -0.3 is 26.1 Å². The maximum atomic E-state index is 12.6. The van der Waals surface area contributed by atoms with Gasteiger partial charge in [0.1, 0.15) is 12.3 Å². The first kappa shape index (κ1) is 22.4. The van der Waals surface area contributed by atoms with E-state index in [9.17, 15) is 19.2 Å². The highest BCUT2D eigenvalue weighted by Crippen LogP contribution is 2.27. The fraction of sp³-hybridized carbons (Fsp3) is 0.524. The van der Waals surface area contributed by atoms with Crippen LogP contribution in [-0.4, -0.2) is 41.6 Å². The third kappa shape index (κ3) is 6.30. The van der Waals surface area contributed by atoms with E-state index in [1.807, 2.05) is 6.07 Å². The van der Waals surface area contributed by atoms with Gasteiger partial charge in [0.05, 0.1) is 0 Å². The van der Waals surface area contributed by atoms with Gasteiger partial charge in [-0.1, -0.05) is 38.3 Å². The average Bonchev–Trinajstić information content (AvgIpc) is 3.02. The van der Waals surface area contributed by atoms with Crippen molar-refractivity contribution in [2.24, 2.45) is 5.73 Å². The van der Waals surface area contributed by atoms with E-state index < -0.39 is 11.9 Å². The highest BCUT2D eigenvalue weighted by Gasteiger charge is 2.35. The molecule has 8 nitrogen and oxygen atoms in total. The molecule has 0 aliphatic carbocycles. The summed E-state index contributed by atoms with van der Waals surface area (Å²) in [4.78, 5) is 48.3. The molecule has 2 rings (SSSR count). The van der Waals surface area contributed by atoms with E-state index in [1.165, 1.54) is 11.3 Å². The van der Waals surface area contributed by atoms with Crippen molar-refractivity contribution in [3.63, 3.8) is 0 Å². The Morgan fingerprint density at radius 2 is 2.03 bits per heavy atom. The SMILES string of the molecule is CCCCCCNC(=O)NCc1ccc2c(c1)CN(C(CCC=O)C(N)=O)C2=O. The molecule has 8 heteroatoms. The predicted octanol–water partition coefficient (Wildman–Crippen LogP) is 1.85. The zero-order valence-corrected chi connectivity index (χ0v) is 16.9. The first-order valence-corrected chi connectivity index (χ1v) is 10.1. The predicted molar refractivity (Wildman–Crippen MR) is 109 cm³/mol. The lowest BCUT2D eigenvalue weighted by Crippen LogP contribution is -2.44. The lowest BCUT2D eigenvalue weighted by molar-refractivity contribution is -0.122. The molecule has 0 saturated heterocycles. The summed E-state index contributed by atoms with van der Waals surface area (Å²) in [6, 6.07) is 4.32. The highest BCUT2D eigenvalue weighted by molar-refractivity contribution is 6.01. The molecule has 0 fully saturated rings. The molecule has 1 aliphatic rings. The van der Waals surface area contributed by atoms with Crippen LogP contribution in [0.15, 0.2) is 18.2 Å². The number of nitrogens with two attached hydrogens (primary N) is 1. The van der Waals surface area contributed by atoms with Crippen molar-refractivity contribution in [2.45, 2.75) is 64.6 Å². The number of hydrogen-bond acceptors (Lipinski definition) is 4. The van der Waals surface area contributed by atoms with Crippen LogP contribution in [0.1, 0.15) is 66.9 Å². The van der Waals surface area contributed by atoms with E-state index in [4.69, 9.17) is 5.73 Å². The van der Waals surface area contributed by atoms with E-state index >= 15 is 0 Å². The third-order valence-corrected chi connectivity index (χ3v) is 5.03. The Kier molecular flexibility index (Phi) is 8.64. The summed E-state index contributed by atoms with van der Waals surface area (Å²) in [5.41, 5.74) is 7.60. The molecule has 0 bridgehead atoms. The molecule has 1 aromatic carbocycles. The molecule has 0 radical (unpaired) electrons. The van der Waals surface area contributed by atoms with Crippen molar-refractivity contribution in [1.29, 1.82) is 0 Å². The van der Waals surface area contributed by atoms with Crippen molar-refractivity contribution in [2.75, 3.05) is 6.54 Å². The number of carbonyl (C=O) groups excluding carboxylic acids is 4.